The van der Waals surface area contributed by atoms with Crippen LogP contribution < -0.4 is 10.6 Å². The number of hydrogen-bond donors (Lipinski definition) is 2. The van der Waals surface area contributed by atoms with E-state index < -0.39 is 11.7 Å². The predicted octanol–water partition coefficient (Wildman–Crippen LogP) is 2.91. The minimum atomic E-state index is -4.42. The third-order valence-corrected chi connectivity index (χ3v) is 4.00. The lowest BCUT2D eigenvalue weighted by molar-refractivity contribution is -0.137. The van der Waals surface area contributed by atoms with Crippen molar-refractivity contribution in [2.75, 3.05) is 18.1 Å². The molecule has 0 aromatic heterocycles. The van der Waals surface area contributed by atoms with E-state index in [1.807, 2.05) is 0 Å². The number of hydrogen-bond acceptors (Lipinski definition) is 3. The van der Waals surface area contributed by atoms with Gasteiger partial charge < -0.3 is 15.7 Å². The number of alkyl halides is 3. The van der Waals surface area contributed by atoms with Crippen molar-refractivity contribution in [3.05, 3.63) is 29.3 Å². The van der Waals surface area contributed by atoms with Gasteiger partial charge in [0.05, 0.1) is 18.2 Å². The number of halogens is 3. The quantitative estimate of drug-likeness (QED) is 0.902. The van der Waals surface area contributed by atoms with Crippen molar-refractivity contribution in [1.29, 1.82) is 0 Å². The molecular weight excluding hydrogens is 281 g/mol. The van der Waals surface area contributed by atoms with Crippen molar-refractivity contribution in [2.24, 2.45) is 5.73 Å². The molecule has 0 amide bonds. The molecule has 6 heteroatoms. The Morgan fingerprint density at radius 1 is 1.24 bits per heavy atom. The monoisotopic (exact) mass is 302 g/mol. The maximum atomic E-state index is 13.3. The van der Waals surface area contributed by atoms with Crippen LogP contribution in [0.5, 0.6) is 0 Å². The van der Waals surface area contributed by atoms with E-state index in [0.29, 0.717) is 18.5 Å². The molecule has 1 aliphatic heterocycles. The smallest absolute Gasteiger partial charge is 0.394 e. The normalized spacial score (nSPS) is 20.4. The highest BCUT2D eigenvalue weighted by atomic mass is 19.4. The van der Waals surface area contributed by atoms with Gasteiger partial charge in [-0.1, -0.05) is 18.9 Å². The zero-order valence-corrected chi connectivity index (χ0v) is 11.9. The van der Waals surface area contributed by atoms with E-state index in [-0.39, 0.29) is 24.9 Å². The summed E-state index contributed by atoms with van der Waals surface area (Å²) in [5.74, 6) is 0. The topological polar surface area (TPSA) is 49.5 Å². The van der Waals surface area contributed by atoms with Crippen molar-refractivity contribution >= 4 is 5.69 Å². The van der Waals surface area contributed by atoms with Gasteiger partial charge in [-0.2, -0.15) is 13.2 Å². The van der Waals surface area contributed by atoms with Crippen molar-refractivity contribution in [2.45, 2.75) is 44.4 Å². The second kappa shape index (κ2) is 6.66. The Hall–Kier alpha value is -1.27. The summed E-state index contributed by atoms with van der Waals surface area (Å²) in [6.07, 6.45) is -0.953. The van der Waals surface area contributed by atoms with Gasteiger partial charge in [-0.15, -0.1) is 0 Å². The summed E-state index contributed by atoms with van der Waals surface area (Å²) >= 11 is 0. The van der Waals surface area contributed by atoms with Gasteiger partial charge in [0.2, 0.25) is 0 Å². The number of aliphatic hydroxyl groups excluding tert-OH is 1. The van der Waals surface area contributed by atoms with Gasteiger partial charge in [-0.3, -0.25) is 0 Å². The Labute approximate surface area is 122 Å². The lowest BCUT2D eigenvalue weighted by atomic mass is 10.0. The Kier molecular flexibility index (Phi) is 5.11. The van der Waals surface area contributed by atoms with Crippen LogP contribution in [0.25, 0.3) is 0 Å². The fourth-order valence-electron chi connectivity index (χ4n) is 2.87. The van der Waals surface area contributed by atoms with Gasteiger partial charge in [0, 0.05) is 18.8 Å². The molecule has 118 valence electrons. The van der Waals surface area contributed by atoms with Gasteiger partial charge in [0.15, 0.2) is 0 Å². The molecule has 3 nitrogen and oxygen atoms in total. The fourth-order valence-corrected chi connectivity index (χ4v) is 2.87. The summed E-state index contributed by atoms with van der Waals surface area (Å²) in [5.41, 5.74) is 5.40. The van der Waals surface area contributed by atoms with E-state index in [1.54, 1.807) is 11.0 Å². The van der Waals surface area contributed by atoms with Gasteiger partial charge in [-0.05, 0) is 30.5 Å². The van der Waals surface area contributed by atoms with Crippen LogP contribution in [-0.2, 0) is 12.7 Å². The van der Waals surface area contributed by atoms with Gasteiger partial charge in [-0.25, -0.2) is 0 Å². The molecule has 2 rings (SSSR count). The summed E-state index contributed by atoms with van der Waals surface area (Å²) in [4.78, 5) is 1.70. The molecule has 3 N–H and O–H groups in total. The Morgan fingerprint density at radius 3 is 2.62 bits per heavy atom. The molecular formula is C15H21F3N2O. The summed E-state index contributed by atoms with van der Waals surface area (Å²) in [6, 6.07) is 3.98. The second-order valence-corrected chi connectivity index (χ2v) is 5.43. The van der Waals surface area contributed by atoms with Crippen molar-refractivity contribution < 1.29 is 18.3 Å². The number of aliphatic hydroxyl groups is 1. The largest absolute Gasteiger partial charge is 0.418 e. The molecule has 0 radical (unpaired) electrons. The molecule has 0 aliphatic carbocycles. The highest BCUT2D eigenvalue weighted by Crippen LogP contribution is 2.39. The van der Waals surface area contributed by atoms with Crippen LogP contribution in [0, 0.1) is 0 Å². The lowest BCUT2D eigenvalue weighted by Crippen LogP contribution is -2.38. The highest BCUT2D eigenvalue weighted by molar-refractivity contribution is 5.57. The predicted molar refractivity (Wildman–Crippen MR) is 76.0 cm³/mol. The first-order valence-electron chi connectivity index (χ1n) is 7.25. The van der Waals surface area contributed by atoms with Crippen molar-refractivity contribution in [1.82, 2.24) is 0 Å². The number of nitrogens with two attached hydrogens (primary N) is 1. The van der Waals surface area contributed by atoms with Crippen LogP contribution in [0.2, 0.25) is 0 Å². The molecule has 1 aromatic carbocycles. The number of anilines is 1. The van der Waals surface area contributed by atoms with Gasteiger partial charge in [0.25, 0.3) is 0 Å². The summed E-state index contributed by atoms with van der Waals surface area (Å²) in [5, 5.41) is 9.50. The molecule has 1 aliphatic rings. The van der Waals surface area contributed by atoms with Crippen LogP contribution in [-0.4, -0.2) is 24.3 Å². The molecule has 1 atom stereocenters. The highest BCUT2D eigenvalue weighted by Gasteiger charge is 2.36. The Bertz CT molecular complexity index is 476. The summed E-state index contributed by atoms with van der Waals surface area (Å²) in [6.45, 7) is 0.485. The minimum Gasteiger partial charge on any atom is -0.394 e. The molecule has 1 heterocycles. The minimum absolute atomic E-state index is 0.0762. The van der Waals surface area contributed by atoms with E-state index in [1.165, 1.54) is 6.07 Å². The Balaban J connectivity index is 2.45. The van der Waals surface area contributed by atoms with E-state index in [0.717, 1.165) is 25.3 Å². The second-order valence-electron chi connectivity index (χ2n) is 5.43. The number of benzene rings is 1. The molecule has 0 spiro atoms. The van der Waals surface area contributed by atoms with Crippen LogP contribution in [0.15, 0.2) is 18.2 Å². The average Bonchev–Trinajstić information content (AvgIpc) is 2.70. The molecule has 1 unspecified atom stereocenters. The first-order valence-corrected chi connectivity index (χ1v) is 7.25. The molecule has 1 fully saturated rings. The molecule has 0 bridgehead atoms. The van der Waals surface area contributed by atoms with Crippen LogP contribution in [0.1, 0.15) is 36.8 Å². The molecule has 1 aromatic rings. The van der Waals surface area contributed by atoms with Crippen molar-refractivity contribution in [3.8, 4) is 0 Å². The van der Waals surface area contributed by atoms with Gasteiger partial charge >= 0.3 is 6.18 Å². The third kappa shape index (κ3) is 3.68. The molecule has 0 saturated carbocycles. The zero-order valence-electron chi connectivity index (χ0n) is 11.9. The first-order chi connectivity index (χ1) is 9.97. The number of nitrogens with zero attached hydrogens (tertiary/aromatic N) is 1. The van der Waals surface area contributed by atoms with E-state index in [9.17, 15) is 18.3 Å². The molecule has 1 saturated heterocycles. The van der Waals surface area contributed by atoms with E-state index in [2.05, 4.69) is 0 Å². The maximum absolute atomic E-state index is 13.3. The maximum Gasteiger partial charge on any atom is 0.418 e. The molecule has 21 heavy (non-hydrogen) atoms. The van der Waals surface area contributed by atoms with Crippen LogP contribution in [0.4, 0.5) is 18.9 Å². The van der Waals surface area contributed by atoms with Crippen molar-refractivity contribution in [3.63, 3.8) is 0 Å². The van der Waals surface area contributed by atoms with E-state index >= 15 is 0 Å². The summed E-state index contributed by atoms with van der Waals surface area (Å²) < 4.78 is 40.0. The SMILES string of the molecule is NCc1ccc(N2CCCCCC2CO)c(C(F)(F)F)c1. The average molecular weight is 302 g/mol. The van der Waals surface area contributed by atoms with Crippen LogP contribution in [0.3, 0.4) is 0 Å². The van der Waals surface area contributed by atoms with E-state index in [4.69, 9.17) is 5.73 Å². The third-order valence-electron chi connectivity index (χ3n) is 4.00. The lowest BCUT2D eigenvalue weighted by Gasteiger charge is -2.33. The Morgan fingerprint density at radius 2 is 2.00 bits per heavy atom. The van der Waals surface area contributed by atoms with Gasteiger partial charge in [0.1, 0.15) is 0 Å². The first kappa shape index (κ1) is 16.1. The standard InChI is InChI=1S/C15H21F3N2O/c16-15(17,18)13-8-11(9-19)5-6-14(13)20-7-3-1-2-4-12(20)10-21/h5-6,8,12,21H,1-4,7,9-10,19H2. The van der Waals surface area contributed by atoms with Crippen LogP contribution >= 0.6 is 0 Å². The summed E-state index contributed by atoms with van der Waals surface area (Å²) in [7, 11) is 0. The number of rotatable bonds is 3. The fraction of sp³-hybridized carbons (Fsp3) is 0.600. The zero-order chi connectivity index (χ0) is 15.5.